The zero-order valence-corrected chi connectivity index (χ0v) is 33.7. The monoisotopic (exact) mass is 744 g/mol. The summed E-state index contributed by atoms with van der Waals surface area (Å²) in [5.41, 5.74) is 4.71. The van der Waals surface area contributed by atoms with Crippen LogP contribution in [-0.2, 0) is 10.8 Å². The third kappa shape index (κ3) is 12.5. The molecular formula is C46H64O8. The summed E-state index contributed by atoms with van der Waals surface area (Å²) in [6.45, 7) is 19.3. The summed E-state index contributed by atoms with van der Waals surface area (Å²) in [5.74, 6) is 3.97. The molecule has 0 aliphatic heterocycles. The van der Waals surface area contributed by atoms with Gasteiger partial charge < -0.3 is 39.4 Å². The average molecular weight is 745 g/mol. The lowest BCUT2D eigenvalue weighted by atomic mass is 9.64. The minimum atomic E-state index is -0.167. The van der Waals surface area contributed by atoms with Crippen LogP contribution in [0.25, 0.3) is 0 Å². The van der Waals surface area contributed by atoms with Gasteiger partial charge in [-0.05, 0) is 94.5 Å². The lowest BCUT2D eigenvalue weighted by molar-refractivity contribution is 0.201. The van der Waals surface area contributed by atoms with Gasteiger partial charge in [0.05, 0.1) is 26.4 Å². The molecule has 54 heavy (non-hydrogen) atoms. The summed E-state index contributed by atoms with van der Waals surface area (Å²) >= 11 is 0. The third-order valence-corrected chi connectivity index (χ3v) is 10.1. The second-order valence-corrected chi connectivity index (χ2v) is 15.7. The molecule has 4 N–H and O–H groups in total. The van der Waals surface area contributed by atoms with E-state index in [9.17, 15) is 0 Å². The molecule has 0 radical (unpaired) electrons. The first kappa shape index (κ1) is 44.3. The van der Waals surface area contributed by atoms with E-state index in [4.69, 9.17) is 39.4 Å². The molecule has 8 heteroatoms. The molecule has 0 saturated carbocycles. The van der Waals surface area contributed by atoms with Crippen molar-refractivity contribution in [3.05, 3.63) is 119 Å². The van der Waals surface area contributed by atoms with Gasteiger partial charge in [0, 0.05) is 10.8 Å². The van der Waals surface area contributed by atoms with Crippen LogP contribution in [0, 0.1) is 17.3 Å². The van der Waals surface area contributed by atoms with Crippen LogP contribution in [0.2, 0.25) is 0 Å². The van der Waals surface area contributed by atoms with Gasteiger partial charge in [-0.25, -0.2) is 0 Å². The number of aliphatic hydroxyl groups excluding tert-OH is 4. The predicted octanol–water partition coefficient (Wildman–Crippen LogP) is 8.20. The van der Waals surface area contributed by atoms with E-state index in [2.05, 4.69) is 104 Å². The number of hydrogen-bond acceptors (Lipinski definition) is 8. The highest BCUT2D eigenvalue weighted by Gasteiger charge is 2.37. The second-order valence-electron chi connectivity index (χ2n) is 15.7. The molecule has 8 nitrogen and oxygen atoms in total. The Morgan fingerprint density at radius 2 is 0.685 bits per heavy atom. The summed E-state index contributed by atoms with van der Waals surface area (Å²) in [4.78, 5) is 0. The first-order valence-electron chi connectivity index (χ1n) is 19.1. The van der Waals surface area contributed by atoms with E-state index in [-0.39, 0.29) is 42.7 Å². The van der Waals surface area contributed by atoms with E-state index in [1.807, 2.05) is 48.5 Å². The Morgan fingerprint density at radius 1 is 0.426 bits per heavy atom. The maximum absolute atomic E-state index is 8.92. The van der Waals surface area contributed by atoms with E-state index in [0.717, 1.165) is 29.4 Å². The molecule has 0 saturated heterocycles. The van der Waals surface area contributed by atoms with Gasteiger partial charge in [-0.3, -0.25) is 0 Å². The van der Waals surface area contributed by atoms with Gasteiger partial charge in [-0.15, -0.1) is 0 Å². The Hall–Kier alpha value is -4.08. The fourth-order valence-electron chi connectivity index (χ4n) is 7.08. The van der Waals surface area contributed by atoms with Gasteiger partial charge in [-0.2, -0.15) is 0 Å². The summed E-state index contributed by atoms with van der Waals surface area (Å²) in [6.07, 6.45) is 0.980. The van der Waals surface area contributed by atoms with Crippen molar-refractivity contribution in [2.45, 2.75) is 72.6 Å². The minimum Gasteiger partial charge on any atom is -0.491 e. The molecule has 1 atom stereocenters. The topological polar surface area (TPSA) is 118 Å². The number of hydrogen-bond donors (Lipinski definition) is 4. The van der Waals surface area contributed by atoms with Gasteiger partial charge in [0.1, 0.15) is 49.4 Å². The van der Waals surface area contributed by atoms with E-state index in [1.165, 1.54) is 22.3 Å². The molecule has 296 valence electrons. The van der Waals surface area contributed by atoms with Crippen molar-refractivity contribution in [3.63, 3.8) is 0 Å². The number of benzene rings is 4. The number of ether oxygens (including phenoxy) is 4. The van der Waals surface area contributed by atoms with Crippen LogP contribution in [-0.4, -0.2) is 73.3 Å². The Morgan fingerprint density at radius 3 is 0.907 bits per heavy atom. The van der Waals surface area contributed by atoms with Gasteiger partial charge in [0.2, 0.25) is 0 Å². The van der Waals surface area contributed by atoms with Crippen LogP contribution < -0.4 is 18.9 Å². The zero-order valence-electron chi connectivity index (χ0n) is 33.7. The Labute approximate surface area is 323 Å². The molecule has 0 aromatic heterocycles. The van der Waals surface area contributed by atoms with Gasteiger partial charge in [-0.1, -0.05) is 104 Å². The molecule has 0 spiro atoms. The quantitative estimate of drug-likeness (QED) is 0.0760. The highest BCUT2D eigenvalue weighted by molar-refractivity contribution is 5.45. The zero-order chi connectivity index (χ0) is 39.8. The van der Waals surface area contributed by atoms with Crippen molar-refractivity contribution in [2.75, 3.05) is 52.9 Å². The average Bonchev–Trinajstić information content (AvgIpc) is 3.17. The molecule has 1 unspecified atom stereocenters. The third-order valence-electron chi connectivity index (χ3n) is 10.1. The van der Waals surface area contributed by atoms with E-state index in [0.29, 0.717) is 38.3 Å². The highest BCUT2D eigenvalue weighted by Crippen LogP contribution is 2.44. The molecular weight excluding hydrogens is 680 g/mol. The van der Waals surface area contributed by atoms with Crippen LogP contribution in [0.4, 0.5) is 0 Å². The molecule has 0 heterocycles. The number of aliphatic hydroxyl groups is 4. The van der Waals surface area contributed by atoms with Crippen LogP contribution in [0.5, 0.6) is 23.0 Å². The molecule has 0 fully saturated rings. The van der Waals surface area contributed by atoms with Gasteiger partial charge in [0.15, 0.2) is 0 Å². The van der Waals surface area contributed by atoms with Crippen molar-refractivity contribution in [3.8, 4) is 23.0 Å². The molecule has 4 aromatic carbocycles. The van der Waals surface area contributed by atoms with Crippen molar-refractivity contribution in [2.24, 2.45) is 17.3 Å². The van der Waals surface area contributed by atoms with E-state index >= 15 is 0 Å². The van der Waals surface area contributed by atoms with Gasteiger partial charge >= 0.3 is 0 Å². The highest BCUT2D eigenvalue weighted by atomic mass is 16.5. The van der Waals surface area contributed by atoms with Crippen LogP contribution in [0.1, 0.15) is 84.1 Å². The van der Waals surface area contributed by atoms with Crippen molar-refractivity contribution < 1.29 is 39.4 Å². The Bertz CT molecular complexity index is 1510. The second kappa shape index (κ2) is 21.1. The fraction of sp³-hybridized carbons (Fsp3) is 0.478. The standard InChI is InChI=1S/2C23H32O4/c1-22(2,3)17-23(4,18-5-9-20(10-6-18)26-15-13-24)19-7-11-21(12-8-19)27-16-14-25;1-17(2)18(3)23(4,19-5-9-21(10-6-19)26-15-13-24)20-7-11-22(12-8-20)27-16-14-25/h5-12,24-25H,13-17H2,1-4H3;5-12,17-18,24-25H,13-16H2,1-4H3. The molecule has 4 aromatic rings. The normalized spacial score (nSPS) is 12.5. The van der Waals surface area contributed by atoms with E-state index in [1.54, 1.807) is 0 Å². The fourth-order valence-corrected chi connectivity index (χ4v) is 7.08. The lowest BCUT2D eigenvalue weighted by Crippen LogP contribution is -2.34. The minimum absolute atomic E-state index is 0.00813. The van der Waals surface area contributed by atoms with Crippen molar-refractivity contribution >= 4 is 0 Å². The molecule has 0 amide bonds. The lowest BCUT2D eigenvalue weighted by Gasteiger charge is -2.39. The van der Waals surface area contributed by atoms with Crippen LogP contribution in [0.15, 0.2) is 97.1 Å². The summed E-state index contributed by atoms with van der Waals surface area (Å²) in [5, 5.41) is 35.7. The molecule has 4 rings (SSSR count). The van der Waals surface area contributed by atoms with E-state index < -0.39 is 0 Å². The maximum atomic E-state index is 8.92. The maximum Gasteiger partial charge on any atom is 0.119 e. The molecule has 0 aliphatic rings. The molecule has 0 aliphatic carbocycles. The Balaban J connectivity index is 0.000000290. The van der Waals surface area contributed by atoms with Crippen molar-refractivity contribution in [1.29, 1.82) is 0 Å². The SMILES string of the molecule is CC(C)(C)CC(C)(c1ccc(OCCO)cc1)c1ccc(OCCO)cc1.CC(C)C(C)C(C)(c1ccc(OCCO)cc1)c1ccc(OCCO)cc1. The van der Waals surface area contributed by atoms with Crippen molar-refractivity contribution in [1.82, 2.24) is 0 Å². The summed E-state index contributed by atoms with van der Waals surface area (Å²) in [7, 11) is 0. The summed E-state index contributed by atoms with van der Waals surface area (Å²) < 4.78 is 22.0. The molecule has 0 bridgehead atoms. The predicted molar refractivity (Wildman–Crippen MR) is 217 cm³/mol. The number of rotatable bonds is 19. The summed E-state index contributed by atoms with van der Waals surface area (Å²) in [6, 6.07) is 32.6. The Kier molecular flexibility index (Phi) is 17.3. The van der Waals surface area contributed by atoms with Crippen LogP contribution >= 0.6 is 0 Å². The first-order chi connectivity index (χ1) is 25.7. The van der Waals surface area contributed by atoms with Gasteiger partial charge in [0.25, 0.3) is 0 Å². The first-order valence-corrected chi connectivity index (χ1v) is 19.1. The largest absolute Gasteiger partial charge is 0.491 e. The smallest absolute Gasteiger partial charge is 0.119 e. The van der Waals surface area contributed by atoms with Crippen LogP contribution in [0.3, 0.4) is 0 Å².